The smallest absolute Gasteiger partial charge is 0.00673 e. The Morgan fingerprint density at radius 3 is 2.17 bits per heavy atom. The standard InChI is InChI=1S/C11H23N/c1-8-5-6-9(7-10(8)12)11(2,3)4/h8-10H,5-7,12H2,1-4H3/t8-,9?,10+/m1/s1. The lowest BCUT2D eigenvalue weighted by Gasteiger charge is -2.39. The van der Waals surface area contributed by atoms with Gasteiger partial charge in [-0.05, 0) is 36.5 Å². The Morgan fingerprint density at radius 1 is 1.17 bits per heavy atom. The molecule has 3 atom stereocenters. The van der Waals surface area contributed by atoms with E-state index in [1.54, 1.807) is 0 Å². The van der Waals surface area contributed by atoms with Crippen LogP contribution in [0.5, 0.6) is 0 Å². The lowest BCUT2D eigenvalue weighted by molar-refractivity contribution is 0.138. The van der Waals surface area contributed by atoms with Crippen molar-refractivity contribution in [3.8, 4) is 0 Å². The van der Waals surface area contributed by atoms with Crippen LogP contribution in [0.25, 0.3) is 0 Å². The largest absolute Gasteiger partial charge is 0.327 e. The zero-order valence-corrected chi connectivity index (χ0v) is 8.93. The molecule has 1 fully saturated rings. The summed E-state index contributed by atoms with van der Waals surface area (Å²) in [6.45, 7) is 9.28. The summed E-state index contributed by atoms with van der Waals surface area (Å²) in [7, 11) is 0. The maximum absolute atomic E-state index is 6.07. The monoisotopic (exact) mass is 169 g/mol. The average Bonchev–Trinajstić information content (AvgIpc) is 1.92. The van der Waals surface area contributed by atoms with E-state index in [4.69, 9.17) is 5.73 Å². The van der Waals surface area contributed by atoms with E-state index in [9.17, 15) is 0 Å². The molecule has 0 aromatic heterocycles. The minimum atomic E-state index is 0.447. The van der Waals surface area contributed by atoms with Crippen molar-refractivity contribution in [1.29, 1.82) is 0 Å². The van der Waals surface area contributed by atoms with Crippen molar-refractivity contribution in [1.82, 2.24) is 0 Å². The molecule has 0 aliphatic heterocycles. The lowest BCUT2D eigenvalue weighted by Crippen LogP contribution is -2.39. The van der Waals surface area contributed by atoms with Crippen molar-refractivity contribution in [2.45, 2.75) is 53.0 Å². The molecule has 1 aliphatic rings. The predicted octanol–water partition coefficient (Wildman–Crippen LogP) is 2.80. The van der Waals surface area contributed by atoms with Crippen LogP contribution in [0.2, 0.25) is 0 Å². The second kappa shape index (κ2) is 3.37. The van der Waals surface area contributed by atoms with Gasteiger partial charge in [-0.25, -0.2) is 0 Å². The Hall–Kier alpha value is -0.0400. The van der Waals surface area contributed by atoms with E-state index < -0.39 is 0 Å². The van der Waals surface area contributed by atoms with Crippen LogP contribution in [0, 0.1) is 17.3 Å². The first-order valence-electron chi connectivity index (χ1n) is 5.17. The number of hydrogen-bond acceptors (Lipinski definition) is 1. The zero-order chi connectivity index (χ0) is 9.35. The molecule has 1 heteroatoms. The molecule has 0 heterocycles. The molecule has 0 saturated heterocycles. The van der Waals surface area contributed by atoms with Crippen LogP contribution in [-0.4, -0.2) is 6.04 Å². The Bertz CT molecular complexity index is 146. The van der Waals surface area contributed by atoms with Gasteiger partial charge in [0.25, 0.3) is 0 Å². The first-order valence-corrected chi connectivity index (χ1v) is 5.17. The predicted molar refractivity (Wildman–Crippen MR) is 53.9 cm³/mol. The first kappa shape index (κ1) is 10.0. The van der Waals surface area contributed by atoms with Crippen molar-refractivity contribution < 1.29 is 0 Å². The molecule has 1 rings (SSSR count). The van der Waals surface area contributed by atoms with Crippen LogP contribution >= 0.6 is 0 Å². The summed E-state index contributed by atoms with van der Waals surface area (Å²) in [6.07, 6.45) is 3.92. The third-order valence-corrected chi connectivity index (χ3v) is 3.48. The summed E-state index contributed by atoms with van der Waals surface area (Å²) in [6, 6.07) is 0.447. The Balaban J connectivity index is 2.51. The maximum Gasteiger partial charge on any atom is 0.00673 e. The topological polar surface area (TPSA) is 26.0 Å². The van der Waals surface area contributed by atoms with Gasteiger partial charge < -0.3 is 5.73 Å². The molecule has 0 aromatic carbocycles. The number of hydrogen-bond donors (Lipinski definition) is 1. The number of nitrogens with two attached hydrogens (primary N) is 1. The summed E-state index contributed by atoms with van der Waals surface area (Å²) in [5.74, 6) is 1.58. The molecule has 2 N–H and O–H groups in total. The third kappa shape index (κ3) is 2.22. The Morgan fingerprint density at radius 2 is 1.75 bits per heavy atom. The third-order valence-electron chi connectivity index (χ3n) is 3.48. The van der Waals surface area contributed by atoms with Crippen LogP contribution in [0.1, 0.15) is 47.0 Å². The van der Waals surface area contributed by atoms with E-state index in [0.717, 1.165) is 11.8 Å². The van der Waals surface area contributed by atoms with Crippen LogP contribution in [0.15, 0.2) is 0 Å². The normalized spacial score (nSPS) is 38.2. The fraction of sp³-hybridized carbons (Fsp3) is 1.00. The Kier molecular flexibility index (Phi) is 2.82. The van der Waals surface area contributed by atoms with Crippen LogP contribution < -0.4 is 5.73 Å². The minimum absolute atomic E-state index is 0.447. The van der Waals surface area contributed by atoms with Crippen molar-refractivity contribution in [3.05, 3.63) is 0 Å². The summed E-state index contributed by atoms with van der Waals surface area (Å²) in [5.41, 5.74) is 6.52. The molecule has 0 radical (unpaired) electrons. The van der Waals surface area contributed by atoms with Crippen molar-refractivity contribution in [2.24, 2.45) is 23.0 Å². The lowest BCUT2D eigenvalue weighted by atomic mass is 9.68. The summed E-state index contributed by atoms with van der Waals surface area (Å²) in [4.78, 5) is 0. The minimum Gasteiger partial charge on any atom is -0.327 e. The molecule has 0 bridgehead atoms. The van der Waals surface area contributed by atoms with Gasteiger partial charge in [-0.2, -0.15) is 0 Å². The molecule has 0 aromatic rings. The first-order chi connectivity index (χ1) is 5.41. The highest BCUT2D eigenvalue weighted by Crippen LogP contribution is 2.38. The molecule has 1 saturated carbocycles. The fourth-order valence-corrected chi connectivity index (χ4v) is 2.14. The zero-order valence-electron chi connectivity index (χ0n) is 8.93. The second-order valence-electron chi connectivity index (χ2n) is 5.52. The fourth-order valence-electron chi connectivity index (χ4n) is 2.14. The van der Waals surface area contributed by atoms with Crippen molar-refractivity contribution >= 4 is 0 Å². The van der Waals surface area contributed by atoms with Crippen molar-refractivity contribution in [2.75, 3.05) is 0 Å². The van der Waals surface area contributed by atoms with Gasteiger partial charge in [-0.3, -0.25) is 0 Å². The molecule has 0 spiro atoms. The van der Waals surface area contributed by atoms with Gasteiger partial charge >= 0.3 is 0 Å². The summed E-state index contributed by atoms with van der Waals surface area (Å²) >= 11 is 0. The van der Waals surface area contributed by atoms with E-state index in [1.165, 1.54) is 19.3 Å². The van der Waals surface area contributed by atoms with Crippen molar-refractivity contribution in [3.63, 3.8) is 0 Å². The van der Waals surface area contributed by atoms with Crippen LogP contribution in [0.4, 0.5) is 0 Å². The summed E-state index contributed by atoms with van der Waals surface area (Å²) < 4.78 is 0. The number of rotatable bonds is 0. The van der Waals surface area contributed by atoms with Gasteiger partial charge in [0, 0.05) is 6.04 Å². The van der Waals surface area contributed by atoms with E-state index in [2.05, 4.69) is 27.7 Å². The van der Waals surface area contributed by atoms with E-state index in [1.807, 2.05) is 0 Å². The Labute approximate surface area is 76.7 Å². The quantitative estimate of drug-likeness (QED) is 0.593. The van der Waals surface area contributed by atoms with E-state index in [0.29, 0.717) is 11.5 Å². The maximum atomic E-state index is 6.07. The second-order valence-corrected chi connectivity index (χ2v) is 5.52. The van der Waals surface area contributed by atoms with Crippen LogP contribution in [0.3, 0.4) is 0 Å². The highest BCUT2D eigenvalue weighted by atomic mass is 14.7. The molecule has 1 nitrogen and oxygen atoms in total. The van der Waals surface area contributed by atoms with Crippen LogP contribution in [-0.2, 0) is 0 Å². The average molecular weight is 169 g/mol. The SMILES string of the molecule is C[C@@H]1CCC(C(C)(C)C)C[C@@H]1N. The molecule has 1 aliphatic carbocycles. The van der Waals surface area contributed by atoms with E-state index in [-0.39, 0.29) is 0 Å². The summed E-state index contributed by atoms with van der Waals surface area (Å²) in [5, 5.41) is 0. The van der Waals surface area contributed by atoms with Gasteiger partial charge in [0.15, 0.2) is 0 Å². The molecule has 1 unspecified atom stereocenters. The molecule has 0 amide bonds. The van der Waals surface area contributed by atoms with E-state index >= 15 is 0 Å². The highest BCUT2D eigenvalue weighted by molar-refractivity contribution is 4.85. The molecule has 72 valence electrons. The molecule has 12 heavy (non-hydrogen) atoms. The van der Waals surface area contributed by atoms with Gasteiger partial charge in [-0.15, -0.1) is 0 Å². The molecular weight excluding hydrogens is 146 g/mol. The van der Waals surface area contributed by atoms with Gasteiger partial charge in [-0.1, -0.05) is 27.7 Å². The molecular formula is C11H23N. The van der Waals surface area contributed by atoms with Gasteiger partial charge in [0.05, 0.1) is 0 Å². The van der Waals surface area contributed by atoms with Gasteiger partial charge in [0.1, 0.15) is 0 Å². The van der Waals surface area contributed by atoms with Gasteiger partial charge in [0.2, 0.25) is 0 Å². The highest BCUT2D eigenvalue weighted by Gasteiger charge is 2.32.